The van der Waals surface area contributed by atoms with Gasteiger partial charge in [-0.15, -0.1) is 0 Å². The van der Waals surface area contributed by atoms with Gasteiger partial charge >= 0.3 is 5.97 Å². The number of carbonyl (C=O) groups excluding carboxylic acids is 6. The number of nitrogens with zero attached hydrogens (tertiary/aromatic N) is 1. The van der Waals surface area contributed by atoms with Gasteiger partial charge in [-0.25, -0.2) is 4.79 Å². The number of aliphatic hydroxyl groups is 1. The van der Waals surface area contributed by atoms with Gasteiger partial charge in [0, 0.05) is 13.6 Å². The lowest BCUT2D eigenvalue weighted by atomic mass is 9.94. The second kappa shape index (κ2) is 24.1. The fourth-order valence-corrected chi connectivity index (χ4v) is 6.34. The molecule has 300 valence electrons. The summed E-state index contributed by atoms with van der Waals surface area (Å²) in [6.07, 6.45) is 7.54. The lowest BCUT2D eigenvalue weighted by Gasteiger charge is -2.34. The van der Waals surface area contributed by atoms with Crippen LogP contribution in [0.5, 0.6) is 0 Å². The van der Waals surface area contributed by atoms with E-state index >= 15 is 0 Å². The molecule has 1 aliphatic heterocycles. The standard InChI is InChI=1S/C38H70N6O8/c1-10-13-14-15-16-17-18-19-20-30-25(7)37(50)44(9)29(21-23(4)5)34(47)42-31(24(6)11-2)35(48)41-28(22-39)33(46)43-32(26(8)45)36(49)40-27(12-3)38(51)52-30/h23-32,45H,10-22,39H2,1-9H3,(H,40,49)(H,41,48)(H,42,47)(H,43,46)/t24-,25-,26+,27-,28+,29+,30-,31+,32+/m1/s1. The summed E-state index contributed by atoms with van der Waals surface area (Å²) < 4.78 is 6.01. The van der Waals surface area contributed by atoms with Gasteiger partial charge in [-0.2, -0.15) is 0 Å². The number of aliphatic hydroxyl groups excluding tert-OH is 1. The Morgan fingerprint density at radius 3 is 1.81 bits per heavy atom. The van der Waals surface area contributed by atoms with Gasteiger partial charge in [0.25, 0.3) is 0 Å². The largest absolute Gasteiger partial charge is 0.460 e. The molecule has 0 aliphatic carbocycles. The number of hydrogen-bond acceptors (Lipinski definition) is 9. The van der Waals surface area contributed by atoms with Gasteiger partial charge in [0.2, 0.25) is 29.5 Å². The van der Waals surface area contributed by atoms with Crippen LogP contribution in [-0.2, 0) is 33.5 Å². The molecule has 5 amide bonds. The summed E-state index contributed by atoms with van der Waals surface area (Å²) in [4.78, 5) is 83.6. The van der Waals surface area contributed by atoms with Crippen molar-refractivity contribution in [3.63, 3.8) is 0 Å². The molecule has 0 unspecified atom stereocenters. The van der Waals surface area contributed by atoms with Crippen molar-refractivity contribution in [2.45, 2.75) is 175 Å². The maximum atomic E-state index is 14.2. The molecule has 0 radical (unpaired) electrons. The van der Waals surface area contributed by atoms with Crippen molar-refractivity contribution in [1.29, 1.82) is 0 Å². The maximum absolute atomic E-state index is 14.2. The third kappa shape index (κ3) is 15.0. The lowest BCUT2D eigenvalue weighted by molar-refractivity contribution is -0.160. The van der Waals surface area contributed by atoms with Crippen LogP contribution in [0.25, 0.3) is 0 Å². The van der Waals surface area contributed by atoms with E-state index in [1.165, 1.54) is 31.1 Å². The number of rotatable bonds is 16. The Hall–Kier alpha value is -3.26. The summed E-state index contributed by atoms with van der Waals surface area (Å²) >= 11 is 0. The van der Waals surface area contributed by atoms with Crippen molar-refractivity contribution in [2.75, 3.05) is 13.6 Å². The molecule has 1 heterocycles. The van der Waals surface area contributed by atoms with Gasteiger partial charge in [-0.05, 0) is 44.4 Å². The number of ether oxygens (including phenoxy) is 1. The van der Waals surface area contributed by atoms with Crippen molar-refractivity contribution in [3.8, 4) is 0 Å². The Morgan fingerprint density at radius 1 is 0.750 bits per heavy atom. The molecule has 1 rings (SSSR count). The normalized spacial score (nSPS) is 27.4. The van der Waals surface area contributed by atoms with E-state index in [1.54, 1.807) is 27.8 Å². The van der Waals surface area contributed by atoms with Crippen molar-refractivity contribution in [2.24, 2.45) is 23.5 Å². The minimum Gasteiger partial charge on any atom is -0.460 e. The Labute approximate surface area is 311 Å². The Kier molecular flexibility index (Phi) is 21.7. The van der Waals surface area contributed by atoms with Gasteiger partial charge in [-0.3, -0.25) is 24.0 Å². The predicted octanol–water partition coefficient (Wildman–Crippen LogP) is 2.69. The van der Waals surface area contributed by atoms with E-state index in [2.05, 4.69) is 28.2 Å². The number of nitrogens with two attached hydrogens (primary N) is 1. The molecule has 0 bridgehead atoms. The van der Waals surface area contributed by atoms with Crippen molar-refractivity contribution < 1.29 is 38.6 Å². The van der Waals surface area contributed by atoms with E-state index < -0.39 is 83.8 Å². The third-order valence-electron chi connectivity index (χ3n) is 10.1. The summed E-state index contributed by atoms with van der Waals surface area (Å²) in [5.74, 6) is -5.21. The zero-order valence-electron chi connectivity index (χ0n) is 33.3. The number of esters is 1. The Morgan fingerprint density at radius 2 is 1.29 bits per heavy atom. The van der Waals surface area contributed by atoms with Crippen LogP contribution in [0.4, 0.5) is 0 Å². The van der Waals surface area contributed by atoms with E-state index in [0.717, 1.165) is 25.7 Å². The van der Waals surface area contributed by atoms with Gasteiger partial charge < -0.3 is 41.7 Å². The molecule has 14 nitrogen and oxygen atoms in total. The highest BCUT2D eigenvalue weighted by atomic mass is 16.5. The highest BCUT2D eigenvalue weighted by Gasteiger charge is 2.39. The number of cyclic esters (lactones) is 1. The smallest absolute Gasteiger partial charge is 0.328 e. The predicted molar refractivity (Wildman–Crippen MR) is 200 cm³/mol. The van der Waals surface area contributed by atoms with E-state index in [1.807, 2.05) is 20.8 Å². The van der Waals surface area contributed by atoms with E-state index in [0.29, 0.717) is 25.7 Å². The molecule has 0 saturated carbocycles. The number of hydrogen-bond donors (Lipinski definition) is 6. The van der Waals surface area contributed by atoms with Gasteiger partial charge in [0.05, 0.1) is 12.0 Å². The first-order valence-electron chi connectivity index (χ1n) is 19.6. The fraction of sp³-hybridized carbons (Fsp3) is 0.842. The molecular weight excluding hydrogens is 668 g/mol. The molecule has 1 fully saturated rings. The van der Waals surface area contributed by atoms with E-state index in [4.69, 9.17) is 10.5 Å². The minimum absolute atomic E-state index is 0.00541. The molecule has 0 spiro atoms. The van der Waals surface area contributed by atoms with Gasteiger partial charge in [0.1, 0.15) is 36.3 Å². The number of amides is 5. The number of unbranched alkanes of at least 4 members (excludes halogenated alkanes) is 7. The zero-order valence-corrected chi connectivity index (χ0v) is 33.3. The Bertz CT molecular complexity index is 1150. The third-order valence-corrected chi connectivity index (χ3v) is 10.1. The summed E-state index contributed by atoms with van der Waals surface area (Å²) in [6.45, 7) is 14.0. The first-order chi connectivity index (χ1) is 24.5. The van der Waals surface area contributed by atoms with Crippen LogP contribution in [-0.4, -0.2) is 102 Å². The van der Waals surface area contributed by atoms with Crippen molar-refractivity contribution in [1.82, 2.24) is 26.2 Å². The fourth-order valence-electron chi connectivity index (χ4n) is 6.34. The van der Waals surface area contributed by atoms with Crippen LogP contribution in [0.1, 0.15) is 132 Å². The zero-order chi connectivity index (χ0) is 39.5. The van der Waals surface area contributed by atoms with Crippen LogP contribution >= 0.6 is 0 Å². The number of nitrogens with one attached hydrogen (secondary N) is 4. The molecule has 7 N–H and O–H groups in total. The number of carbonyl (C=O) groups is 6. The highest BCUT2D eigenvalue weighted by Crippen LogP contribution is 2.23. The van der Waals surface area contributed by atoms with Crippen LogP contribution in [0.2, 0.25) is 0 Å². The van der Waals surface area contributed by atoms with Crippen LogP contribution in [0.3, 0.4) is 0 Å². The first-order valence-corrected chi connectivity index (χ1v) is 19.6. The molecule has 14 heteroatoms. The Balaban J connectivity index is 3.64. The summed E-state index contributed by atoms with van der Waals surface area (Å²) in [5.41, 5.74) is 5.87. The van der Waals surface area contributed by atoms with Gasteiger partial charge in [0.15, 0.2) is 0 Å². The summed E-state index contributed by atoms with van der Waals surface area (Å²) in [5, 5.41) is 21.0. The number of likely N-dealkylation sites (N-methyl/N-ethyl adjacent to an activating group) is 1. The van der Waals surface area contributed by atoms with E-state index in [9.17, 15) is 33.9 Å². The average molecular weight is 739 g/mol. The molecule has 9 atom stereocenters. The second-order valence-electron chi connectivity index (χ2n) is 15.0. The SMILES string of the molecule is CCCCCCCCCC[C@H]1OC(=O)[C@@H](CC)NC(=O)[C@H]([C@H](C)O)NC(=O)[C@H](CN)NC(=O)[C@H]([C@H](C)CC)NC(=O)[C@H](CC(C)C)N(C)C(=O)[C@@H]1C. The highest BCUT2D eigenvalue weighted by molar-refractivity contribution is 5.96. The molecule has 1 saturated heterocycles. The maximum Gasteiger partial charge on any atom is 0.328 e. The van der Waals surface area contributed by atoms with E-state index in [-0.39, 0.29) is 24.8 Å². The average Bonchev–Trinajstić information content (AvgIpc) is 3.10. The van der Waals surface area contributed by atoms with Crippen molar-refractivity contribution in [3.05, 3.63) is 0 Å². The monoisotopic (exact) mass is 739 g/mol. The first kappa shape index (κ1) is 46.8. The molecule has 1 aliphatic rings. The summed E-state index contributed by atoms with van der Waals surface area (Å²) in [7, 11) is 1.54. The van der Waals surface area contributed by atoms with Crippen LogP contribution in [0, 0.1) is 17.8 Å². The molecule has 0 aromatic rings. The second-order valence-corrected chi connectivity index (χ2v) is 15.0. The topological polar surface area (TPSA) is 209 Å². The molecule has 0 aromatic carbocycles. The van der Waals surface area contributed by atoms with Crippen LogP contribution in [0.15, 0.2) is 0 Å². The van der Waals surface area contributed by atoms with Gasteiger partial charge in [-0.1, -0.05) is 99.8 Å². The summed E-state index contributed by atoms with van der Waals surface area (Å²) in [6, 6.07) is -5.97. The molecule has 52 heavy (non-hydrogen) atoms. The van der Waals surface area contributed by atoms with Crippen LogP contribution < -0.4 is 27.0 Å². The lowest BCUT2D eigenvalue weighted by Crippen LogP contribution is -2.62. The molecule has 0 aromatic heterocycles. The minimum atomic E-state index is -1.49. The van der Waals surface area contributed by atoms with Crippen molar-refractivity contribution >= 4 is 35.5 Å². The molecular formula is C38H70N6O8. The quantitative estimate of drug-likeness (QED) is 0.101.